The molecular formula is C30H30FN5O2S. The van der Waals surface area contributed by atoms with Crippen LogP contribution in [0.5, 0.6) is 5.75 Å². The molecule has 0 bridgehead atoms. The second kappa shape index (κ2) is 11.2. The largest absolute Gasteiger partial charge is 0.495 e. The van der Waals surface area contributed by atoms with Crippen LogP contribution in [-0.4, -0.2) is 39.1 Å². The highest BCUT2D eigenvalue weighted by Crippen LogP contribution is 2.41. The van der Waals surface area contributed by atoms with E-state index in [9.17, 15) is 9.18 Å². The van der Waals surface area contributed by atoms with Gasteiger partial charge in [0.15, 0.2) is 5.11 Å². The van der Waals surface area contributed by atoms with Crippen molar-refractivity contribution >= 4 is 28.9 Å². The Morgan fingerprint density at radius 3 is 2.56 bits per heavy atom. The summed E-state index contributed by atoms with van der Waals surface area (Å²) in [6.07, 6.45) is 1.99. The summed E-state index contributed by atoms with van der Waals surface area (Å²) >= 11 is 5.79. The lowest BCUT2D eigenvalue weighted by Crippen LogP contribution is -2.33. The lowest BCUT2D eigenvalue weighted by Gasteiger charge is -2.28. The Morgan fingerprint density at radius 2 is 1.85 bits per heavy atom. The number of benzene rings is 2. The number of carbonyl (C=O) groups excluding carboxylic acids is 1. The summed E-state index contributed by atoms with van der Waals surface area (Å²) in [5, 5.41) is 6.96. The smallest absolute Gasteiger partial charge is 0.226 e. The van der Waals surface area contributed by atoms with E-state index in [0.717, 1.165) is 28.3 Å². The molecular weight excluding hydrogens is 513 g/mol. The number of halogens is 1. The molecule has 2 atom stereocenters. The Morgan fingerprint density at radius 1 is 1.10 bits per heavy atom. The zero-order valence-electron chi connectivity index (χ0n) is 22.0. The number of ether oxygens (including phenoxy) is 1. The zero-order chi connectivity index (χ0) is 27.5. The molecule has 200 valence electrons. The van der Waals surface area contributed by atoms with Gasteiger partial charge in [0.05, 0.1) is 30.6 Å². The minimum Gasteiger partial charge on any atom is -0.495 e. The highest BCUT2D eigenvalue weighted by Gasteiger charge is 2.41. The van der Waals surface area contributed by atoms with Gasteiger partial charge in [-0.3, -0.25) is 9.78 Å². The minimum atomic E-state index is -0.278. The second-order valence-electron chi connectivity index (χ2n) is 9.46. The lowest BCUT2D eigenvalue weighted by molar-refractivity contribution is -0.116. The molecule has 2 N–H and O–H groups in total. The molecule has 0 saturated carbocycles. The number of aromatic nitrogens is 2. The maximum absolute atomic E-state index is 13.6. The van der Waals surface area contributed by atoms with Gasteiger partial charge in [-0.25, -0.2) is 4.39 Å². The summed E-state index contributed by atoms with van der Waals surface area (Å²) in [6, 6.07) is 21.3. The first-order valence-electron chi connectivity index (χ1n) is 12.7. The molecule has 1 fully saturated rings. The highest BCUT2D eigenvalue weighted by molar-refractivity contribution is 7.80. The summed E-state index contributed by atoms with van der Waals surface area (Å²) < 4.78 is 21.1. The molecule has 0 unspecified atom stereocenters. The number of para-hydroxylation sites is 2. The fraction of sp³-hybridized carbons (Fsp3) is 0.233. The molecule has 4 aromatic rings. The monoisotopic (exact) mass is 543 g/mol. The maximum atomic E-state index is 13.6. The minimum absolute atomic E-state index is 0.140. The summed E-state index contributed by atoms with van der Waals surface area (Å²) in [6.45, 7) is 4.48. The number of hydrogen-bond donors (Lipinski definition) is 2. The predicted octanol–water partition coefficient (Wildman–Crippen LogP) is 5.64. The standard InChI is InChI=1S/C30H30FN5O2S/c1-19-18-23(20(2)36(19)22-13-11-21(31)12-14-22)29-28(25-9-6-7-16-32-25)34-30(39)35(29)17-15-27(37)33-24-8-4-5-10-26(24)38-3/h4-14,16,18,28-29H,15,17H2,1-3H3,(H,33,37)(H,34,39)/t28-,29+/m0/s1. The SMILES string of the molecule is COc1ccccc1NC(=O)CCN1C(=S)N[C@@H](c2ccccn2)[C@H]1c1cc(C)n(-c2ccc(F)cc2)c1C. The first-order chi connectivity index (χ1) is 18.9. The van der Waals surface area contributed by atoms with Crippen LogP contribution in [0.25, 0.3) is 5.69 Å². The zero-order valence-corrected chi connectivity index (χ0v) is 22.8. The molecule has 0 aliphatic carbocycles. The Bertz CT molecular complexity index is 1490. The van der Waals surface area contributed by atoms with Crippen LogP contribution in [-0.2, 0) is 4.79 Å². The first-order valence-corrected chi connectivity index (χ1v) is 13.1. The molecule has 1 aliphatic heterocycles. The van der Waals surface area contributed by atoms with E-state index in [0.29, 0.717) is 23.1 Å². The Labute approximate surface area is 232 Å². The average molecular weight is 544 g/mol. The summed E-state index contributed by atoms with van der Waals surface area (Å²) in [7, 11) is 1.57. The molecule has 1 saturated heterocycles. The molecule has 39 heavy (non-hydrogen) atoms. The van der Waals surface area contributed by atoms with Crippen molar-refractivity contribution in [2.24, 2.45) is 0 Å². The van der Waals surface area contributed by atoms with Gasteiger partial charge in [-0.2, -0.15) is 0 Å². The number of amides is 1. The topological polar surface area (TPSA) is 71.4 Å². The quantitative estimate of drug-likeness (QED) is 0.281. The van der Waals surface area contributed by atoms with Crippen LogP contribution < -0.4 is 15.4 Å². The number of pyridine rings is 1. The van der Waals surface area contributed by atoms with Crippen LogP contribution in [0.1, 0.15) is 41.1 Å². The van der Waals surface area contributed by atoms with E-state index in [1.807, 2.05) is 43.3 Å². The van der Waals surface area contributed by atoms with Gasteiger partial charge in [0.25, 0.3) is 0 Å². The van der Waals surface area contributed by atoms with Crippen molar-refractivity contribution in [1.82, 2.24) is 19.8 Å². The second-order valence-corrected chi connectivity index (χ2v) is 9.84. The van der Waals surface area contributed by atoms with Gasteiger partial charge in [0.1, 0.15) is 11.6 Å². The molecule has 0 radical (unpaired) electrons. The molecule has 1 aliphatic rings. The van der Waals surface area contributed by atoms with E-state index in [2.05, 4.69) is 38.1 Å². The van der Waals surface area contributed by atoms with Crippen LogP contribution in [0.2, 0.25) is 0 Å². The van der Waals surface area contributed by atoms with Crippen LogP contribution in [0.15, 0.2) is 79.0 Å². The number of thiocarbonyl (C=S) groups is 1. The Hall–Kier alpha value is -4.24. The van der Waals surface area contributed by atoms with E-state index in [-0.39, 0.29) is 30.2 Å². The lowest BCUT2D eigenvalue weighted by atomic mass is 9.96. The van der Waals surface area contributed by atoms with Crippen molar-refractivity contribution in [3.8, 4) is 11.4 Å². The van der Waals surface area contributed by atoms with Gasteiger partial charge in [-0.05, 0) is 86.2 Å². The van der Waals surface area contributed by atoms with E-state index in [1.165, 1.54) is 12.1 Å². The number of methoxy groups -OCH3 is 1. The van der Waals surface area contributed by atoms with Crippen molar-refractivity contribution in [3.63, 3.8) is 0 Å². The summed E-state index contributed by atoms with van der Waals surface area (Å²) in [5.74, 6) is 0.184. The number of anilines is 1. The molecule has 9 heteroatoms. The van der Waals surface area contributed by atoms with Crippen LogP contribution in [0, 0.1) is 19.7 Å². The van der Waals surface area contributed by atoms with Crippen LogP contribution in [0.3, 0.4) is 0 Å². The highest BCUT2D eigenvalue weighted by atomic mass is 32.1. The third-order valence-corrected chi connectivity index (χ3v) is 7.38. The average Bonchev–Trinajstić information content (AvgIpc) is 3.43. The van der Waals surface area contributed by atoms with Gasteiger partial charge in [-0.1, -0.05) is 18.2 Å². The van der Waals surface area contributed by atoms with Crippen molar-refractivity contribution in [3.05, 3.63) is 107 Å². The number of carbonyl (C=O) groups is 1. The van der Waals surface area contributed by atoms with Crippen LogP contribution >= 0.6 is 12.2 Å². The van der Waals surface area contributed by atoms with Crippen molar-refractivity contribution in [2.45, 2.75) is 32.4 Å². The van der Waals surface area contributed by atoms with Crippen molar-refractivity contribution in [2.75, 3.05) is 19.0 Å². The van der Waals surface area contributed by atoms with Gasteiger partial charge >= 0.3 is 0 Å². The van der Waals surface area contributed by atoms with Crippen LogP contribution in [0.4, 0.5) is 10.1 Å². The fourth-order valence-corrected chi connectivity index (χ4v) is 5.57. The molecule has 3 heterocycles. The normalized spacial score (nSPS) is 16.7. The summed E-state index contributed by atoms with van der Waals surface area (Å²) in [5.41, 5.74) is 5.45. The number of hydrogen-bond acceptors (Lipinski definition) is 4. The number of rotatable bonds is 8. The fourth-order valence-electron chi connectivity index (χ4n) is 5.24. The third kappa shape index (κ3) is 5.35. The third-order valence-electron chi connectivity index (χ3n) is 7.03. The van der Waals surface area contributed by atoms with Gasteiger partial charge in [-0.15, -0.1) is 0 Å². The first kappa shape index (κ1) is 26.4. The van der Waals surface area contributed by atoms with E-state index in [4.69, 9.17) is 17.0 Å². The molecule has 2 aromatic heterocycles. The number of nitrogens with one attached hydrogen (secondary N) is 2. The molecule has 7 nitrogen and oxygen atoms in total. The Kier molecular flexibility index (Phi) is 7.60. The van der Waals surface area contributed by atoms with Gasteiger partial charge in [0, 0.05) is 36.2 Å². The maximum Gasteiger partial charge on any atom is 0.226 e. The predicted molar refractivity (Wildman–Crippen MR) is 154 cm³/mol. The van der Waals surface area contributed by atoms with Crippen molar-refractivity contribution < 1.29 is 13.9 Å². The van der Waals surface area contributed by atoms with Crippen molar-refractivity contribution in [1.29, 1.82) is 0 Å². The van der Waals surface area contributed by atoms with Gasteiger partial charge < -0.3 is 24.8 Å². The summed E-state index contributed by atoms with van der Waals surface area (Å²) in [4.78, 5) is 19.6. The van der Waals surface area contributed by atoms with Gasteiger partial charge in [0.2, 0.25) is 5.91 Å². The molecule has 0 spiro atoms. The molecule has 1 amide bonds. The Balaban J connectivity index is 1.46. The molecule has 5 rings (SSSR count). The molecule has 2 aromatic carbocycles. The van der Waals surface area contributed by atoms with E-state index >= 15 is 0 Å². The number of aryl methyl sites for hydroxylation is 1. The van der Waals surface area contributed by atoms with E-state index in [1.54, 1.807) is 31.5 Å². The number of nitrogens with zero attached hydrogens (tertiary/aromatic N) is 3. The van der Waals surface area contributed by atoms with E-state index < -0.39 is 0 Å².